The van der Waals surface area contributed by atoms with Crippen LogP contribution in [0.4, 0.5) is 4.79 Å². The summed E-state index contributed by atoms with van der Waals surface area (Å²) < 4.78 is 5.98. The van der Waals surface area contributed by atoms with Crippen LogP contribution >= 0.6 is 0 Å². The number of nitrogens with zero attached hydrogens (tertiary/aromatic N) is 1. The molecule has 0 aromatic carbocycles. The Kier molecular flexibility index (Phi) is 4.23. The van der Waals surface area contributed by atoms with Gasteiger partial charge in [0.1, 0.15) is 0 Å². The van der Waals surface area contributed by atoms with Crippen LogP contribution in [0.25, 0.3) is 0 Å². The Balaban J connectivity index is 1.74. The molecule has 1 saturated carbocycles. The van der Waals surface area contributed by atoms with E-state index in [2.05, 4.69) is 5.32 Å². The number of nitrogens with one attached hydrogen (secondary N) is 1. The average molecular weight is 241 g/mol. The maximum absolute atomic E-state index is 11.3. The van der Waals surface area contributed by atoms with Gasteiger partial charge in [-0.1, -0.05) is 19.3 Å². The Morgan fingerprint density at radius 2 is 2.12 bits per heavy atom. The number of carbonyl (C=O) groups excluding carboxylic acids is 1. The summed E-state index contributed by atoms with van der Waals surface area (Å²) in [6, 6.07) is 0.0269. The summed E-state index contributed by atoms with van der Waals surface area (Å²) in [5, 5.41) is 2.79. The van der Waals surface area contributed by atoms with Crippen molar-refractivity contribution in [2.24, 2.45) is 5.73 Å². The molecule has 98 valence electrons. The quantitative estimate of drug-likeness (QED) is 0.744. The molecule has 5 heteroatoms. The van der Waals surface area contributed by atoms with E-state index in [1.807, 2.05) is 0 Å². The molecule has 1 aliphatic carbocycles. The predicted molar refractivity (Wildman–Crippen MR) is 65.8 cm³/mol. The fourth-order valence-electron chi connectivity index (χ4n) is 2.70. The molecule has 2 rings (SSSR count). The molecule has 0 aromatic heterocycles. The molecule has 0 atom stereocenters. The van der Waals surface area contributed by atoms with Crippen molar-refractivity contribution in [2.45, 2.75) is 37.7 Å². The summed E-state index contributed by atoms with van der Waals surface area (Å²) >= 11 is 0. The van der Waals surface area contributed by atoms with Crippen LogP contribution in [-0.2, 0) is 4.74 Å². The third-order valence-corrected chi connectivity index (χ3v) is 3.85. The number of hydrogen-bond donors (Lipinski definition) is 2. The molecule has 0 radical (unpaired) electrons. The zero-order chi connectivity index (χ0) is 12.1. The molecule has 0 bridgehead atoms. The molecule has 2 fully saturated rings. The van der Waals surface area contributed by atoms with Crippen LogP contribution in [0.2, 0.25) is 0 Å². The molecule has 0 aromatic rings. The van der Waals surface area contributed by atoms with Gasteiger partial charge in [0.2, 0.25) is 0 Å². The van der Waals surface area contributed by atoms with Crippen molar-refractivity contribution in [1.82, 2.24) is 10.2 Å². The minimum Gasteiger partial charge on any atom is -0.372 e. The van der Waals surface area contributed by atoms with E-state index in [4.69, 9.17) is 10.5 Å². The SMILES string of the molecule is NCC1(OCCN2CCNC2=O)CCCCC1. The summed E-state index contributed by atoms with van der Waals surface area (Å²) in [5.74, 6) is 0. The highest BCUT2D eigenvalue weighted by Crippen LogP contribution is 2.30. The summed E-state index contributed by atoms with van der Waals surface area (Å²) in [4.78, 5) is 13.1. The summed E-state index contributed by atoms with van der Waals surface area (Å²) in [6.45, 7) is 3.41. The van der Waals surface area contributed by atoms with E-state index in [9.17, 15) is 4.79 Å². The van der Waals surface area contributed by atoms with Crippen LogP contribution in [0.15, 0.2) is 0 Å². The third-order valence-electron chi connectivity index (χ3n) is 3.85. The average Bonchev–Trinajstić information content (AvgIpc) is 2.76. The van der Waals surface area contributed by atoms with Crippen LogP contribution in [0.1, 0.15) is 32.1 Å². The fraction of sp³-hybridized carbons (Fsp3) is 0.917. The second-order valence-electron chi connectivity index (χ2n) is 5.02. The van der Waals surface area contributed by atoms with Crippen LogP contribution in [0, 0.1) is 0 Å². The first-order valence-electron chi connectivity index (χ1n) is 6.63. The predicted octanol–water partition coefficient (Wildman–Crippen LogP) is 0.690. The molecule has 1 heterocycles. The zero-order valence-corrected chi connectivity index (χ0v) is 10.4. The molecule has 2 amide bonds. The van der Waals surface area contributed by atoms with Crippen molar-refractivity contribution >= 4 is 6.03 Å². The standard InChI is InChI=1S/C12H23N3O2/c13-10-12(4-2-1-3-5-12)17-9-8-15-7-6-14-11(15)16/h1-10,13H2,(H,14,16). The molecule has 2 aliphatic rings. The molecular weight excluding hydrogens is 218 g/mol. The van der Waals surface area contributed by atoms with Gasteiger partial charge in [0.15, 0.2) is 0 Å². The highest BCUT2D eigenvalue weighted by molar-refractivity contribution is 5.76. The first-order valence-corrected chi connectivity index (χ1v) is 6.63. The van der Waals surface area contributed by atoms with Crippen molar-refractivity contribution in [3.8, 4) is 0 Å². The number of urea groups is 1. The van der Waals surface area contributed by atoms with Gasteiger partial charge in [-0.25, -0.2) is 4.79 Å². The highest BCUT2D eigenvalue weighted by Gasteiger charge is 2.31. The minimum absolute atomic E-state index is 0.0269. The Bertz CT molecular complexity index is 264. The summed E-state index contributed by atoms with van der Waals surface area (Å²) in [5.41, 5.74) is 5.73. The van der Waals surface area contributed by atoms with E-state index in [-0.39, 0.29) is 11.6 Å². The molecule has 1 saturated heterocycles. The van der Waals surface area contributed by atoms with Crippen molar-refractivity contribution in [3.05, 3.63) is 0 Å². The van der Waals surface area contributed by atoms with Gasteiger partial charge < -0.3 is 20.7 Å². The van der Waals surface area contributed by atoms with Gasteiger partial charge in [0, 0.05) is 26.2 Å². The lowest BCUT2D eigenvalue weighted by Crippen LogP contribution is -2.44. The molecule has 3 N–H and O–H groups in total. The zero-order valence-electron chi connectivity index (χ0n) is 10.4. The monoisotopic (exact) mass is 241 g/mol. The van der Waals surface area contributed by atoms with Crippen molar-refractivity contribution < 1.29 is 9.53 Å². The van der Waals surface area contributed by atoms with Gasteiger partial charge in [-0.05, 0) is 12.8 Å². The molecule has 17 heavy (non-hydrogen) atoms. The maximum Gasteiger partial charge on any atom is 0.317 e. The van der Waals surface area contributed by atoms with Gasteiger partial charge in [-0.2, -0.15) is 0 Å². The number of carbonyl (C=O) groups is 1. The number of hydrogen-bond acceptors (Lipinski definition) is 3. The van der Waals surface area contributed by atoms with Gasteiger partial charge in [-0.3, -0.25) is 0 Å². The van der Waals surface area contributed by atoms with E-state index in [1.54, 1.807) is 4.90 Å². The van der Waals surface area contributed by atoms with Crippen LogP contribution in [0.5, 0.6) is 0 Å². The normalized spacial score (nSPS) is 23.8. The largest absolute Gasteiger partial charge is 0.372 e. The highest BCUT2D eigenvalue weighted by atomic mass is 16.5. The van der Waals surface area contributed by atoms with E-state index >= 15 is 0 Å². The molecule has 0 unspecified atom stereocenters. The Hall–Kier alpha value is -0.810. The Morgan fingerprint density at radius 1 is 1.35 bits per heavy atom. The lowest BCUT2D eigenvalue weighted by atomic mass is 9.85. The van der Waals surface area contributed by atoms with Crippen molar-refractivity contribution in [3.63, 3.8) is 0 Å². The van der Waals surface area contributed by atoms with E-state index in [1.165, 1.54) is 19.3 Å². The van der Waals surface area contributed by atoms with Crippen LogP contribution < -0.4 is 11.1 Å². The van der Waals surface area contributed by atoms with E-state index in [0.29, 0.717) is 19.7 Å². The van der Waals surface area contributed by atoms with Crippen molar-refractivity contribution in [2.75, 3.05) is 32.8 Å². The fourth-order valence-corrected chi connectivity index (χ4v) is 2.70. The summed E-state index contributed by atoms with van der Waals surface area (Å²) in [6.07, 6.45) is 5.84. The molecule has 0 spiro atoms. The molecule has 5 nitrogen and oxygen atoms in total. The maximum atomic E-state index is 11.3. The van der Waals surface area contributed by atoms with E-state index < -0.39 is 0 Å². The number of rotatable bonds is 5. The van der Waals surface area contributed by atoms with Gasteiger partial charge >= 0.3 is 6.03 Å². The molecule has 1 aliphatic heterocycles. The summed E-state index contributed by atoms with van der Waals surface area (Å²) in [7, 11) is 0. The molecular formula is C12H23N3O2. The van der Waals surface area contributed by atoms with Crippen LogP contribution in [-0.4, -0.2) is 49.3 Å². The first-order chi connectivity index (χ1) is 8.26. The number of ether oxygens (including phenoxy) is 1. The minimum atomic E-state index is -0.117. The second kappa shape index (κ2) is 5.69. The van der Waals surface area contributed by atoms with Gasteiger partial charge in [0.25, 0.3) is 0 Å². The van der Waals surface area contributed by atoms with E-state index in [0.717, 1.165) is 25.9 Å². The van der Waals surface area contributed by atoms with Gasteiger partial charge in [-0.15, -0.1) is 0 Å². The first kappa shape index (κ1) is 12.6. The topological polar surface area (TPSA) is 67.6 Å². The lowest BCUT2D eigenvalue weighted by Gasteiger charge is -2.36. The third kappa shape index (κ3) is 3.10. The smallest absolute Gasteiger partial charge is 0.317 e. The number of amides is 2. The lowest BCUT2D eigenvalue weighted by molar-refractivity contribution is -0.0659. The van der Waals surface area contributed by atoms with Crippen molar-refractivity contribution in [1.29, 1.82) is 0 Å². The second-order valence-corrected chi connectivity index (χ2v) is 5.02. The van der Waals surface area contributed by atoms with Gasteiger partial charge in [0.05, 0.1) is 12.2 Å². The Labute approximate surface area is 103 Å². The van der Waals surface area contributed by atoms with Crippen LogP contribution in [0.3, 0.4) is 0 Å². The Morgan fingerprint density at radius 3 is 2.71 bits per heavy atom. The number of nitrogens with two attached hydrogens (primary N) is 1.